The van der Waals surface area contributed by atoms with Gasteiger partial charge in [0.15, 0.2) is 0 Å². The van der Waals surface area contributed by atoms with Crippen LogP contribution >= 0.6 is 0 Å². The number of hydrogen-bond donors (Lipinski definition) is 0. The number of allylic oxidation sites excluding steroid dienone is 4. The molecule has 129 valence electrons. The van der Waals surface area contributed by atoms with E-state index in [2.05, 4.69) is 91.0 Å². The molecule has 25 heavy (non-hydrogen) atoms. The quantitative estimate of drug-likeness (QED) is 0.416. The average molecular weight is 507 g/mol. The van der Waals surface area contributed by atoms with Crippen molar-refractivity contribution >= 4 is 18.7 Å². The third-order valence-corrected chi connectivity index (χ3v) is 11.1. The van der Waals surface area contributed by atoms with Crippen LogP contribution in [0.3, 0.4) is 0 Å². The molecule has 0 heterocycles. The molecular formula is C24H23Pt. The zero-order valence-corrected chi connectivity index (χ0v) is 16.6. The Morgan fingerprint density at radius 3 is 2.32 bits per heavy atom. The van der Waals surface area contributed by atoms with Crippen molar-refractivity contribution in [2.24, 2.45) is 0 Å². The van der Waals surface area contributed by atoms with E-state index in [1.165, 1.54) is 36.5 Å². The molecule has 0 fully saturated rings. The van der Waals surface area contributed by atoms with Crippen LogP contribution in [0.2, 0.25) is 0 Å². The van der Waals surface area contributed by atoms with E-state index in [4.69, 9.17) is 0 Å². The van der Waals surface area contributed by atoms with Gasteiger partial charge in [0.1, 0.15) is 0 Å². The maximum atomic E-state index is 2.56. The topological polar surface area (TPSA) is 0 Å². The van der Waals surface area contributed by atoms with Gasteiger partial charge in [0.2, 0.25) is 0 Å². The van der Waals surface area contributed by atoms with E-state index in [9.17, 15) is 0 Å². The van der Waals surface area contributed by atoms with Crippen molar-refractivity contribution in [2.75, 3.05) is 0 Å². The van der Waals surface area contributed by atoms with Crippen molar-refractivity contribution in [2.45, 2.75) is 25.7 Å². The third-order valence-electron chi connectivity index (χ3n) is 4.37. The fraction of sp³-hybridized carbons (Fsp3) is 0.167. The van der Waals surface area contributed by atoms with Crippen molar-refractivity contribution in [3.8, 4) is 0 Å². The summed E-state index contributed by atoms with van der Waals surface area (Å²) < 4.78 is 4.86. The molecule has 0 bridgehead atoms. The SMILES string of the molecule is C1=CCC[C]([Pt]([c]2ccccc2)[c]2cccc3ccccc23)=CCC1. The standard InChI is InChI=1S/C10H7.C8H11.C6H5.Pt/c1-2-6-10-8-4-3-7-9(10)5-1;1-2-4-6-8-7-5-3-1;1-2-4-6-5-3-1;/h1-7H;1-2,7H,3-6H2;1-5H;. The summed E-state index contributed by atoms with van der Waals surface area (Å²) in [4.78, 5) is 0. The first-order valence-corrected chi connectivity index (χ1v) is 12.3. The molecule has 3 aromatic carbocycles. The minimum atomic E-state index is -1.64. The van der Waals surface area contributed by atoms with Crippen molar-refractivity contribution in [1.82, 2.24) is 0 Å². The molecule has 0 aromatic heterocycles. The van der Waals surface area contributed by atoms with Gasteiger partial charge in [-0.25, -0.2) is 0 Å². The Morgan fingerprint density at radius 1 is 0.640 bits per heavy atom. The molecule has 1 aliphatic carbocycles. The summed E-state index contributed by atoms with van der Waals surface area (Å²) in [6, 6.07) is 27.0. The Kier molecular flexibility index (Phi) is 5.28. The average Bonchev–Trinajstić information content (AvgIpc) is 2.64. The zero-order chi connectivity index (χ0) is 16.9. The Labute approximate surface area is 156 Å². The summed E-state index contributed by atoms with van der Waals surface area (Å²) in [7, 11) is 0. The van der Waals surface area contributed by atoms with E-state index < -0.39 is 17.3 Å². The molecule has 0 radical (unpaired) electrons. The Morgan fingerprint density at radius 2 is 1.40 bits per heavy atom. The molecule has 0 amide bonds. The molecule has 4 rings (SSSR count). The van der Waals surface area contributed by atoms with Crippen LogP contribution in [-0.2, 0) is 17.3 Å². The van der Waals surface area contributed by atoms with Crippen LogP contribution in [0.4, 0.5) is 0 Å². The van der Waals surface area contributed by atoms with Gasteiger partial charge in [0.25, 0.3) is 0 Å². The molecule has 0 atom stereocenters. The van der Waals surface area contributed by atoms with Crippen LogP contribution in [0.1, 0.15) is 25.7 Å². The van der Waals surface area contributed by atoms with E-state index in [1.54, 1.807) is 11.9 Å². The third kappa shape index (κ3) is 3.70. The van der Waals surface area contributed by atoms with E-state index in [-0.39, 0.29) is 0 Å². The van der Waals surface area contributed by atoms with Crippen molar-refractivity contribution in [3.05, 3.63) is 95.0 Å². The Balaban J connectivity index is 1.88. The molecule has 1 heteroatoms. The molecule has 0 saturated carbocycles. The normalized spacial score (nSPS) is 15.4. The second-order valence-corrected chi connectivity index (χ2v) is 11.8. The predicted molar refractivity (Wildman–Crippen MR) is 105 cm³/mol. The molecule has 0 aliphatic heterocycles. The maximum absolute atomic E-state index is 2.56. The first-order chi connectivity index (χ1) is 12.4. The van der Waals surface area contributed by atoms with Gasteiger partial charge in [-0.2, -0.15) is 0 Å². The second-order valence-electron chi connectivity index (χ2n) is 6.12. The van der Waals surface area contributed by atoms with Gasteiger partial charge < -0.3 is 0 Å². The van der Waals surface area contributed by atoms with Gasteiger partial charge in [0.05, 0.1) is 0 Å². The van der Waals surface area contributed by atoms with Crippen LogP contribution < -0.4 is 7.91 Å². The van der Waals surface area contributed by atoms with Gasteiger partial charge in [-0.05, 0) is 0 Å². The Bertz CT molecular complexity index is 900. The number of rotatable bonds is 3. The predicted octanol–water partition coefficient (Wildman–Crippen LogP) is 5.42. The van der Waals surface area contributed by atoms with Gasteiger partial charge in [-0.1, -0.05) is 0 Å². The van der Waals surface area contributed by atoms with Crippen LogP contribution in [0.5, 0.6) is 0 Å². The summed E-state index contributed by atoms with van der Waals surface area (Å²) >= 11 is -1.64. The fourth-order valence-corrected chi connectivity index (χ4v) is 10.1. The first kappa shape index (κ1) is 16.6. The fourth-order valence-electron chi connectivity index (χ4n) is 3.16. The number of benzene rings is 3. The number of fused-ring (bicyclic) bond motifs is 1. The van der Waals surface area contributed by atoms with Crippen molar-refractivity contribution in [1.29, 1.82) is 0 Å². The Hall–Kier alpha value is -1.91. The molecule has 0 N–H and O–H groups in total. The second kappa shape index (κ2) is 7.98. The van der Waals surface area contributed by atoms with E-state index in [0.717, 1.165) is 0 Å². The molecule has 0 saturated heterocycles. The monoisotopic (exact) mass is 506 g/mol. The van der Waals surface area contributed by atoms with Crippen molar-refractivity contribution < 1.29 is 17.3 Å². The summed E-state index contributed by atoms with van der Waals surface area (Å²) in [5.41, 5.74) is 0. The molecular weight excluding hydrogens is 483 g/mol. The molecule has 3 aromatic rings. The minimum absolute atomic E-state index is 1.18. The van der Waals surface area contributed by atoms with Gasteiger partial charge >= 0.3 is 157 Å². The zero-order valence-electron chi connectivity index (χ0n) is 14.3. The van der Waals surface area contributed by atoms with Gasteiger partial charge in [0, 0.05) is 0 Å². The van der Waals surface area contributed by atoms with E-state index in [0.29, 0.717) is 0 Å². The van der Waals surface area contributed by atoms with Crippen molar-refractivity contribution in [3.63, 3.8) is 0 Å². The molecule has 0 unspecified atom stereocenters. The first-order valence-electron chi connectivity index (χ1n) is 8.91. The van der Waals surface area contributed by atoms with E-state index in [1.807, 2.05) is 0 Å². The van der Waals surface area contributed by atoms with Gasteiger partial charge in [-0.15, -0.1) is 0 Å². The van der Waals surface area contributed by atoms with E-state index >= 15 is 0 Å². The number of hydrogen-bond acceptors (Lipinski definition) is 0. The van der Waals surface area contributed by atoms with Crippen LogP contribution in [0, 0.1) is 0 Å². The molecule has 1 aliphatic rings. The molecule has 0 spiro atoms. The van der Waals surface area contributed by atoms with Crippen LogP contribution in [0.15, 0.2) is 95.0 Å². The summed E-state index contributed by atoms with van der Waals surface area (Å²) in [6.07, 6.45) is 12.0. The summed E-state index contributed by atoms with van der Waals surface area (Å²) in [5.74, 6) is 0. The summed E-state index contributed by atoms with van der Waals surface area (Å²) in [5, 5.41) is 2.81. The summed E-state index contributed by atoms with van der Waals surface area (Å²) in [6.45, 7) is 0. The molecule has 0 nitrogen and oxygen atoms in total. The van der Waals surface area contributed by atoms with Crippen LogP contribution in [-0.4, -0.2) is 0 Å². The van der Waals surface area contributed by atoms with Crippen LogP contribution in [0.25, 0.3) is 10.8 Å². The van der Waals surface area contributed by atoms with Gasteiger partial charge in [-0.3, -0.25) is 0 Å².